The fraction of sp³-hybridized carbons (Fsp3) is 0.733. The monoisotopic (exact) mass is 546 g/mol. The number of rotatable bonds is 8. The summed E-state index contributed by atoms with van der Waals surface area (Å²) in [6.07, 6.45) is 7.26. The van der Waals surface area contributed by atoms with Crippen LogP contribution in [0.4, 0.5) is 26.3 Å². The van der Waals surface area contributed by atoms with E-state index >= 15 is 0 Å². The molecular weight excluding hydrogens is 506 g/mol. The van der Waals surface area contributed by atoms with Crippen molar-refractivity contribution in [3.05, 3.63) is 41.0 Å². The van der Waals surface area contributed by atoms with E-state index < -0.39 is 35.3 Å². The van der Waals surface area contributed by atoms with E-state index in [2.05, 4.69) is 6.92 Å². The first-order valence-corrected chi connectivity index (χ1v) is 14.3. The second kappa shape index (κ2) is 13.2. The Morgan fingerprint density at radius 2 is 1.42 bits per heavy atom. The fourth-order valence-electron chi connectivity index (χ4n) is 6.71. The lowest BCUT2D eigenvalue weighted by Gasteiger charge is -2.41. The van der Waals surface area contributed by atoms with Crippen LogP contribution in [-0.2, 0) is 9.47 Å². The van der Waals surface area contributed by atoms with Crippen molar-refractivity contribution in [3.8, 4) is 0 Å². The van der Waals surface area contributed by atoms with Crippen LogP contribution < -0.4 is 0 Å². The van der Waals surface area contributed by atoms with Gasteiger partial charge in [-0.15, -0.1) is 0 Å². The third-order valence-corrected chi connectivity index (χ3v) is 8.94. The Hall–Kier alpha value is -1.54. The maximum absolute atomic E-state index is 14.4. The molecule has 38 heavy (non-hydrogen) atoms. The van der Waals surface area contributed by atoms with E-state index in [0.717, 1.165) is 30.9 Å². The van der Waals surface area contributed by atoms with E-state index in [1.807, 2.05) is 0 Å². The van der Waals surface area contributed by atoms with Crippen molar-refractivity contribution >= 4 is 5.83 Å². The van der Waals surface area contributed by atoms with Gasteiger partial charge in [0.15, 0.2) is 6.29 Å². The molecule has 1 aromatic rings. The lowest BCUT2D eigenvalue weighted by Crippen LogP contribution is -2.41. The maximum Gasteiger partial charge on any atom is 0.412 e. The van der Waals surface area contributed by atoms with E-state index in [4.69, 9.17) is 9.47 Å². The van der Waals surface area contributed by atoms with Crippen LogP contribution >= 0.6 is 0 Å². The van der Waals surface area contributed by atoms with Crippen LogP contribution in [0.5, 0.6) is 0 Å². The first kappa shape index (κ1) is 29.4. The zero-order valence-corrected chi connectivity index (χ0v) is 22.2. The summed E-state index contributed by atoms with van der Waals surface area (Å²) in [5.74, 6) is -2.58. The van der Waals surface area contributed by atoms with Crippen LogP contribution in [0.15, 0.2) is 18.2 Å². The van der Waals surface area contributed by atoms with Crippen LogP contribution in [0.2, 0.25) is 0 Å². The summed E-state index contributed by atoms with van der Waals surface area (Å²) in [5.41, 5.74) is -0.929. The lowest BCUT2D eigenvalue weighted by molar-refractivity contribution is -0.236. The topological polar surface area (TPSA) is 18.5 Å². The standard InChI is InChI=1S/C30H40F6O2/c1-2-3-4-5-19-6-8-21(9-7-19)24-17-37-29(38-18-24)22-12-10-20(11-13-22)23-14-25(31)28(26(32)15-23)27(33)16-30(34,35)36/h14-16,19-22,24,29H,2-13,17-18H2,1H3. The smallest absolute Gasteiger partial charge is 0.352 e. The first-order chi connectivity index (χ1) is 18.1. The zero-order chi connectivity index (χ0) is 27.3. The van der Waals surface area contributed by atoms with Crippen LogP contribution in [0.1, 0.15) is 101 Å². The molecule has 2 saturated carbocycles. The predicted molar refractivity (Wildman–Crippen MR) is 135 cm³/mol. The summed E-state index contributed by atoms with van der Waals surface area (Å²) in [6.45, 7) is 3.67. The Kier molecular flexibility index (Phi) is 10.2. The first-order valence-electron chi connectivity index (χ1n) is 14.3. The molecule has 0 unspecified atom stereocenters. The van der Waals surface area contributed by atoms with E-state index in [-0.39, 0.29) is 18.1 Å². The van der Waals surface area contributed by atoms with Crippen molar-refractivity contribution in [2.75, 3.05) is 13.2 Å². The summed E-state index contributed by atoms with van der Waals surface area (Å²) in [5, 5.41) is 0. The highest BCUT2D eigenvalue weighted by molar-refractivity contribution is 5.61. The third kappa shape index (κ3) is 7.77. The van der Waals surface area contributed by atoms with Gasteiger partial charge in [0, 0.05) is 11.8 Å². The average molecular weight is 547 g/mol. The molecule has 0 N–H and O–H groups in total. The quantitative estimate of drug-likeness (QED) is 0.239. The van der Waals surface area contributed by atoms with Crippen molar-refractivity contribution in [1.82, 2.24) is 0 Å². The zero-order valence-electron chi connectivity index (χ0n) is 22.2. The lowest BCUT2D eigenvalue weighted by atomic mass is 9.74. The number of unbranched alkanes of at least 4 members (excludes halogenated alkanes) is 2. The molecule has 1 saturated heterocycles. The van der Waals surface area contributed by atoms with Gasteiger partial charge >= 0.3 is 6.18 Å². The minimum atomic E-state index is -5.00. The Morgan fingerprint density at radius 1 is 0.842 bits per heavy atom. The van der Waals surface area contributed by atoms with Gasteiger partial charge < -0.3 is 9.47 Å². The molecule has 0 amide bonds. The molecule has 2 nitrogen and oxygen atoms in total. The van der Waals surface area contributed by atoms with Gasteiger partial charge in [0.2, 0.25) is 0 Å². The Balaban J connectivity index is 1.23. The largest absolute Gasteiger partial charge is 0.412 e. The Bertz CT molecular complexity index is 898. The second-order valence-corrected chi connectivity index (χ2v) is 11.6. The molecular formula is C30H40F6O2. The Morgan fingerprint density at radius 3 is 1.97 bits per heavy atom. The minimum Gasteiger partial charge on any atom is -0.352 e. The van der Waals surface area contributed by atoms with Gasteiger partial charge in [0.1, 0.15) is 17.5 Å². The molecule has 214 valence electrons. The van der Waals surface area contributed by atoms with Crippen molar-refractivity contribution < 1.29 is 35.8 Å². The molecule has 0 aromatic heterocycles. The number of halogens is 6. The van der Waals surface area contributed by atoms with Crippen LogP contribution in [0.25, 0.3) is 5.83 Å². The van der Waals surface area contributed by atoms with E-state index in [1.165, 1.54) is 51.4 Å². The molecule has 1 aliphatic heterocycles. The van der Waals surface area contributed by atoms with Gasteiger partial charge in [0.05, 0.1) is 24.9 Å². The molecule has 0 atom stereocenters. The van der Waals surface area contributed by atoms with Gasteiger partial charge in [-0.05, 0) is 74.0 Å². The molecule has 1 heterocycles. The Labute approximate surface area is 222 Å². The number of benzene rings is 1. The number of alkyl halides is 3. The van der Waals surface area contributed by atoms with Crippen molar-refractivity contribution in [1.29, 1.82) is 0 Å². The SMILES string of the molecule is CCCCCC1CCC(C2COC(C3CCC(c4cc(F)c(C(F)=CC(F)(F)F)c(F)c4)CC3)OC2)CC1. The van der Waals surface area contributed by atoms with E-state index in [9.17, 15) is 26.3 Å². The number of ether oxygens (including phenoxy) is 2. The predicted octanol–water partition coefficient (Wildman–Crippen LogP) is 9.49. The molecule has 0 bridgehead atoms. The third-order valence-electron chi connectivity index (χ3n) is 8.94. The summed E-state index contributed by atoms with van der Waals surface area (Å²) < 4.78 is 92.2. The molecule has 2 aliphatic carbocycles. The van der Waals surface area contributed by atoms with Crippen molar-refractivity contribution in [2.24, 2.45) is 23.7 Å². The number of allylic oxidation sites excluding steroid dienone is 1. The summed E-state index contributed by atoms with van der Waals surface area (Å²) in [4.78, 5) is 0. The molecule has 0 spiro atoms. The van der Waals surface area contributed by atoms with Gasteiger partial charge in [-0.2, -0.15) is 13.2 Å². The summed E-state index contributed by atoms with van der Waals surface area (Å²) in [7, 11) is 0. The fourth-order valence-corrected chi connectivity index (χ4v) is 6.71. The van der Waals surface area contributed by atoms with E-state index in [0.29, 0.717) is 43.5 Å². The summed E-state index contributed by atoms with van der Waals surface area (Å²) in [6, 6.07) is 1.92. The van der Waals surface area contributed by atoms with E-state index in [1.54, 1.807) is 0 Å². The summed E-state index contributed by atoms with van der Waals surface area (Å²) >= 11 is 0. The van der Waals surface area contributed by atoms with Crippen LogP contribution in [0.3, 0.4) is 0 Å². The highest BCUT2D eigenvalue weighted by Gasteiger charge is 2.36. The van der Waals surface area contributed by atoms with Crippen molar-refractivity contribution in [2.45, 2.75) is 102 Å². The van der Waals surface area contributed by atoms with Crippen LogP contribution in [0, 0.1) is 35.3 Å². The molecule has 3 fully saturated rings. The molecule has 1 aromatic carbocycles. The van der Waals surface area contributed by atoms with Gasteiger partial charge in [0.25, 0.3) is 0 Å². The van der Waals surface area contributed by atoms with Crippen LogP contribution in [-0.4, -0.2) is 25.7 Å². The average Bonchev–Trinajstić information content (AvgIpc) is 2.88. The normalized spacial score (nSPS) is 31.4. The highest BCUT2D eigenvalue weighted by atomic mass is 19.4. The van der Waals surface area contributed by atoms with Gasteiger partial charge in [-0.3, -0.25) is 0 Å². The molecule has 8 heteroatoms. The van der Waals surface area contributed by atoms with Crippen molar-refractivity contribution in [3.63, 3.8) is 0 Å². The number of hydrogen-bond donors (Lipinski definition) is 0. The minimum absolute atomic E-state index is 0.150. The van der Waals surface area contributed by atoms with Gasteiger partial charge in [-0.1, -0.05) is 45.4 Å². The molecule has 0 radical (unpaired) electrons. The number of hydrogen-bond acceptors (Lipinski definition) is 2. The maximum atomic E-state index is 14.4. The highest BCUT2D eigenvalue weighted by Crippen LogP contribution is 2.42. The second-order valence-electron chi connectivity index (χ2n) is 11.6. The van der Waals surface area contributed by atoms with Gasteiger partial charge in [-0.25, -0.2) is 13.2 Å². The molecule has 3 aliphatic rings. The molecule has 4 rings (SSSR count).